The molecule has 0 spiro atoms. The lowest BCUT2D eigenvalue weighted by atomic mass is 9.93. The fourth-order valence-corrected chi connectivity index (χ4v) is 3.58. The number of imidazole rings is 1. The summed E-state index contributed by atoms with van der Waals surface area (Å²) >= 11 is 0. The van der Waals surface area contributed by atoms with E-state index in [-0.39, 0.29) is 18.2 Å². The number of carbonyl (C=O) groups excluding carboxylic acids is 1. The van der Waals surface area contributed by atoms with E-state index in [1.807, 2.05) is 32.0 Å². The molecule has 0 aliphatic heterocycles. The average molecular weight is 366 g/mol. The van der Waals surface area contributed by atoms with Gasteiger partial charge >= 0.3 is 0 Å². The largest absolute Gasteiger partial charge is 0.348 e. The number of fused-ring (bicyclic) bond motifs is 1. The molecule has 2 aromatic rings. The fourth-order valence-electron chi connectivity index (χ4n) is 2.89. The molecule has 0 aliphatic rings. The van der Waals surface area contributed by atoms with Gasteiger partial charge in [-0.25, -0.2) is 13.4 Å². The minimum absolute atomic E-state index is 0.00706. The summed E-state index contributed by atoms with van der Waals surface area (Å²) in [4.78, 5) is 17.0. The Morgan fingerprint density at radius 1 is 1.28 bits per heavy atom. The van der Waals surface area contributed by atoms with Crippen molar-refractivity contribution in [2.75, 3.05) is 12.8 Å². The van der Waals surface area contributed by atoms with Crippen molar-refractivity contribution < 1.29 is 13.2 Å². The molecule has 0 aliphatic carbocycles. The molecule has 8 heteroatoms. The number of nitrogens with two attached hydrogens (primary N) is 1. The van der Waals surface area contributed by atoms with E-state index in [9.17, 15) is 13.2 Å². The summed E-state index contributed by atoms with van der Waals surface area (Å²) in [5, 5.41) is 3.01. The van der Waals surface area contributed by atoms with Crippen molar-refractivity contribution >= 4 is 26.8 Å². The van der Waals surface area contributed by atoms with E-state index in [0.29, 0.717) is 17.9 Å². The summed E-state index contributed by atoms with van der Waals surface area (Å²) in [6.07, 6.45) is 2.61. The summed E-state index contributed by atoms with van der Waals surface area (Å²) in [5.41, 5.74) is 6.81. The Morgan fingerprint density at radius 2 is 1.92 bits per heavy atom. The monoisotopic (exact) mass is 366 g/mol. The van der Waals surface area contributed by atoms with Gasteiger partial charge in [-0.15, -0.1) is 0 Å². The van der Waals surface area contributed by atoms with E-state index in [0.717, 1.165) is 24.6 Å². The molecular formula is C17H26N4O3S. The van der Waals surface area contributed by atoms with Crippen LogP contribution < -0.4 is 11.1 Å². The zero-order chi connectivity index (χ0) is 18.7. The van der Waals surface area contributed by atoms with E-state index in [1.54, 1.807) is 10.6 Å². The Hall–Kier alpha value is -1.93. The average Bonchev–Trinajstić information content (AvgIpc) is 2.88. The Bertz CT molecular complexity index is 846. The SMILES string of the molecule is CCC(CC)(CN)NC(=O)Cn1c(CS(C)(=O)=O)nc2ccccc21. The molecule has 0 saturated heterocycles. The highest BCUT2D eigenvalue weighted by atomic mass is 32.2. The third-order valence-electron chi connectivity index (χ3n) is 4.58. The Balaban J connectivity index is 2.36. The van der Waals surface area contributed by atoms with Gasteiger partial charge in [0.25, 0.3) is 0 Å². The van der Waals surface area contributed by atoms with Crippen molar-refractivity contribution in [1.82, 2.24) is 14.9 Å². The Labute approximate surface area is 148 Å². The number of hydrogen-bond donors (Lipinski definition) is 2. The van der Waals surface area contributed by atoms with E-state index in [1.165, 1.54) is 0 Å². The van der Waals surface area contributed by atoms with Crippen LogP contribution >= 0.6 is 0 Å². The van der Waals surface area contributed by atoms with E-state index >= 15 is 0 Å². The highest BCUT2D eigenvalue weighted by Gasteiger charge is 2.27. The van der Waals surface area contributed by atoms with Crippen molar-refractivity contribution in [2.24, 2.45) is 5.73 Å². The number of nitrogens with zero attached hydrogens (tertiary/aromatic N) is 2. The molecule has 1 aromatic heterocycles. The molecule has 0 bridgehead atoms. The van der Waals surface area contributed by atoms with Crippen molar-refractivity contribution in [1.29, 1.82) is 0 Å². The molecule has 1 heterocycles. The lowest BCUT2D eigenvalue weighted by Crippen LogP contribution is -2.53. The van der Waals surface area contributed by atoms with Crippen LogP contribution in [0.2, 0.25) is 0 Å². The number of para-hydroxylation sites is 2. The number of sulfone groups is 1. The molecule has 1 aromatic carbocycles. The second-order valence-corrected chi connectivity index (χ2v) is 8.55. The molecule has 0 unspecified atom stereocenters. The molecule has 1 amide bonds. The van der Waals surface area contributed by atoms with Gasteiger partial charge in [0.05, 0.1) is 16.6 Å². The van der Waals surface area contributed by atoms with Gasteiger partial charge in [0.15, 0.2) is 9.84 Å². The standard InChI is InChI=1S/C17H26N4O3S/c1-4-17(5-2,12-18)20-16(22)10-21-14-9-7-6-8-13(14)19-15(21)11-25(3,23)24/h6-9H,4-5,10-12,18H2,1-3H3,(H,20,22). The van der Waals surface area contributed by atoms with Crippen LogP contribution in [0, 0.1) is 0 Å². The van der Waals surface area contributed by atoms with Gasteiger partial charge in [0.1, 0.15) is 18.1 Å². The number of nitrogens with one attached hydrogen (secondary N) is 1. The first kappa shape index (κ1) is 19.4. The van der Waals surface area contributed by atoms with Crippen LogP contribution in [0.3, 0.4) is 0 Å². The van der Waals surface area contributed by atoms with E-state index in [4.69, 9.17) is 5.73 Å². The summed E-state index contributed by atoms with van der Waals surface area (Å²) in [6, 6.07) is 7.30. The number of hydrogen-bond acceptors (Lipinski definition) is 5. The van der Waals surface area contributed by atoms with Gasteiger partial charge < -0.3 is 15.6 Å². The van der Waals surface area contributed by atoms with Crippen LogP contribution in [-0.4, -0.2) is 42.2 Å². The van der Waals surface area contributed by atoms with Crippen LogP contribution in [0.5, 0.6) is 0 Å². The number of aromatic nitrogens is 2. The number of rotatable bonds is 8. The predicted octanol–water partition coefficient (Wildman–Crippen LogP) is 1.21. The van der Waals surface area contributed by atoms with Crippen LogP contribution in [0.25, 0.3) is 11.0 Å². The summed E-state index contributed by atoms with van der Waals surface area (Å²) < 4.78 is 25.1. The zero-order valence-electron chi connectivity index (χ0n) is 14.9. The highest BCUT2D eigenvalue weighted by Crippen LogP contribution is 2.18. The van der Waals surface area contributed by atoms with Gasteiger partial charge in [-0.3, -0.25) is 4.79 Å². The lowest BCUT2D eigenvalue weighted by molar-refractivity contribution is -0.123. The summed E-state index contributed by atoms with van der Waals surface area (Å²) in [6.45, 7) is 4.33. The smallest absolute Gasteiger partial charge is 0.240 e. The van der Waals surface area contributed by atoms with Crippen molar-refractivity contribution in [3.63, 3.8) is 0 Å². The zero-order valence-corrected chi connectivity index (χ0v) is 15.8. The molecule has 0 atom stereocenters. The second kappa shape index (κ2) is 7.53. The van der Waals surface area contributed by atoms with Crippen molar-refractivity contribution in [3.05, 3.63) is 30.1 Å². The van der Waals surface area contributed by atoms with Gasteiger partial charge in [-0.05, 0) is 25.0 Å². The molecule has 0 radical (unpaired) electrons. The summed E-state index contributed by atoms with van der Waals surface area (Å²) in [5.74, 6) is -0.0457. The van der Waals surface area contributed by atoms with Crippen molar-refractivity contribution in [3.8, 4) is 0 Å². The molecule has 138 valence electrons. The normalized spacial score (nSPS) is 12.5. The van der Waals surface area contributed by atoms with Gasteiger partial charge in [-0.2, -0.15) is 0 Å². The maximum atomic E-state index is 12.6. The quantitative estimate of drug-likeness (QED) is 0.730. The third kappa shape index (κ3) is 4.58. The van der Waals surface area contributed by atoms with E-state index < -0.39 is 15.4 Å². The molecule has 2 rings (SSSR count). The van der Waals surface area contributed by atoms with E-state index in [2.05, 4.69) is 10.3 Å². The van der Waals surface area contributed by atoms with Gasteiger partial charge in [-0.1, -0.05) is 26.0 Å². The lowest BCUT2D eigenvalue weighted by Gasteiger charge is -2.31. The third-order valence-corrected chi connectivity index (χ3v) is 5.36. The van der Waals surface area contributed by atoms with Crippen LogP contribution in [0.4, 0.5) is 0 Å². The van der Waals surface area contributed by atoms with Gasteiger partial charge in [0.2, 0.25) is 5.91 Å². The number of amides is 1. The van der Waals surface area contributed by atoms with Crippen molar-refractivity contribution in [2.45, 2.75) is 44.5 Å². The minimum atomic E-state index is -3.27. The first-order valence-electron chi connectivity index (χ1n) is 8.36. The maximum absolute atomic E-state index is 12.6. The topological polar surface area (TPSA) is 107 Å². The molecule has 0 fully saturated rings. The molecule has 3 N–H and O–H groups in total. The van der Waals surface area contributed by atoms with Crippen LogP contribution in [0.1, 0.15) is 32.5 Å². The second-order valence-electron chi connectivity index (χ2n) is 6.41. The summed E-state index contributed by atoms with van der Waals surface area (Å²) in [7, 11) is -3.27. The molecule has 7 nitrogen and oxygen atoms in total. The molecule has 0 saturated carbocycles. The minimum Gasteiger partial charge on any atom is -0.348 e. The highest BCUT2D eigenvalue weighted by molar-refractivity contribution is 7.89. The maximum Gasteiger partial charge on any atom is 0.240 e. The van der Waals surface area contributed by atoms with Crippen LogP contribution in [-0.2, 0) is 26.9 Å². The first-order valence-corrected chi connectivity index (χ1v) is 10.4. The molecule has 25 heavy (non-hydrogen) atoms. The predicted molar refractivity (Wildman–Crippen MR) is 98.8 cm³/mol. The Morgan fingerprint density at radius 3 is 2.48 bits per heavy atom. The Kier molecular flexibility index (Phi) is 5.84. The van der Waals surface area contributed by atoms with Gasteiger partial charge in [0, 0.05) is 12.8 Å². The first-order chi connectivity index (χ1) is 11.7. The number of benzene rings is 1. The van der Waals surface area contributed by atoms with Crippen LogP contribution in [0.15, 0.2) is 24.3 Å². The fraction of sp³-hybridized carbons (Fsp3) is 0.529. The number of carbonyl (C=O) groups is 1. The molecular weight excluding hydrogens is 340 g/mol.